The Morgan fingerprint density at radius 1 is 1.03 bits per heavy atom. The third-order valence-electron chi connectivity index (χ3n) is 5.36. The van der Waals surface area contributed by atoms with Crippen molar-refractivity contribution in [1.82, 2.24) is 19.7 Å². The topological polar surface area (TPSA) is 56.1 Å². The highest BCUT2D eigenvalue weighted by Gasteiger charge is 2.21. The Bertz CT molecular complexity index is 779. The molecule has 0 N–H and O–H groups in total. The minimum absolute atomic E-state index is 0.0769. The molecule has 1 aliphatic rings. The first-order valence-corrected chi connectivity index (χ1v) is 10.4. The fraction of sp³-hybridized carbons (Fsp3) is 0.545. The number of oxazole rings is 1. The lowest BCUT2D eigenvalue weighted by atomic mass is 10.1. The van der Waals surface area contributed by atoms with Gasteiger partial charge in [0.25, 0.3) is 5.91 Å². The van der Waals surface area contributed by atoms with Crippen molar-refractivity contribution in [2.75, 3.05) is 58.8 Å². The van der Waals surface area contributed by atoms with Crippen molar-refractivity contribution in [3.63, 3.8) is 0 Å². The van der Waals surface area contributed by atoms with E-state index in [0.717, 1.165) is 45.7 Å². The summed E-state index contributed by atoms with van der Waals surface area (Å²) >= 11 is 0. The average molecular weight is 400 g/mol. The molecule has 1 aliphatic heterocycles. The molecule has 3 rings (SSSR count). The van der Waals surface area contributed by atoms with Crippen molar-refractivity contribution in [3.8, 4) is 0 Å². The average Bonchev–Trinajstić information content (AvgIpc) is 3.18. The molecule has 0 spiro atoms. The molecule has 0 radical (unpaired) electrons. The van der Waals surface area contributed by atoms with Crippen LogP contribution in [-0.4, -0.2) is 79.5 Å². The van der Waals surface area contributed by atoms with Crippen molar-refractivity contribution >= 4 is 11.6 Å². The first-order chi connectivity index (χ1) is 14.0. The van der Waals surface area contributed by atoms with Crippen LogP contribution < -0.4 is 4.90 Å². The van der Waals surface area contributed by atoms with Crippen LogP contribution >= 0.6 is 0 Å². The van der Waals surface area contributed by atoms with Crippen LogP contribution in [0, 0.1) is 0 Å². The molecule has 29 heavy (non-hydrogen) atoms. The van der Waals surface area contributed by atoms with Gasteiger partial charge in [-0.15, -0.1) is 0 Å². The monoisotopic (exact) mass is 399 g/mol. The maximum atomic E-state index is 12.3. The van der Waals surface area contributed by atoms with E-state index in [1.165, 1.54) is 17.5 Å². The molecular formula is C22H33N5O2. The maximum absolute atomic E-state index is 12.3. The number of carbonyl (C=O) groups excluding carboxylic acids is 1. The van der Waals surface area contributed by atoms with E-state index >= 15 is 0 Å². The Morgan fingerprint density at radius 2 is 1.66 bits per heavy atom. The molecule has 1 aromatic heterocycles. The quantitative estimate of drug-likeness (QED) is 0.680. The van der Waals surface area contributed by atoms with Crippen LogP contribution in [0.25, 0.3) is 0 Å². The summed E-state index contributed by atoms with van der Waals surface area (Å²) in [7, 11) is 5.92. The molecule has 7 nitrogen and oxygen atoms in total. The molecule has 0 bridgehead atoms. The Morgan fingerprint density at radius 3 is 2.24 bits per heavy atom. The molecule has 0 aliphatic carbocycles. The fourth-order valence-electron chi connectivity index (χ4n) is 3.57. The Labute approximate surface area is 173 Å². The second-order valence-corrected chi connectivity index (χ2v) is 7.97. The zero-order chi connectivity index (χ0) is 20.8. The summed E-state index contributed by atoms with van der Waals surface area (Å²) < 4.78 is 5.55. The molecule has 2 heterocycles. The minimum atomic E-state index is -0.0769. The second kappa shape index (κ2) is 9.89. The number of carbonyl (C=O) groups is 1. The summed E-state index contributed by atoms with van der Waals surface area (Å²) in [6.45, 7) is 8.37. The van der Waals surface area contributed by atoms with Gasteiger partial charge in [0.05, 0.1) is 6.54 Å². The van der Waals surface area contributed by atoms with Gasteiger partial charge < -0.3 is 14.2 Å². The van der Waals surface area contributed by atoms with E-state index in [0.29, 0.717) is 18.1 Å². The number of hydrogen-bond acceptors (Lipinski definition) is 6. The van der Waals surface area contributed by atoms with Crippen LogP contribution in [0.4, 0.5) is 5.69 Å². The maximum Gasteiger partial charge on any atom is 0.275 e. The van der Waals surface area contributed by atoms with Gasteiger partial charge in [-0.1, -0.05) is 19.1 Å². The number of hydrogen-bond donors (Lipinski definition) is 0. The van der Waals surface area contributed by atoms with Crippen LogP contribution in [0.5, 0.6) is 0 Å². The van der Waals surface area contributed by atoms with Gasteiger partial charge in [-0.2, -0.15) is 0 Å². The number of aromatic nitrogens is 1. The van der Waals surface area contributed by atoms with E-state index in [1.54, 1.807) is 11.9 Å². The molecule has 1 aromatic carbocycles. The van der Waals surface area contributed by atoms with Gasteiger partial charge in [-0.25, -0.2) is 4.98 Å². The Hall–Kier alpha value is -2.38. The lowest BCUT2D eigenvalue weighted by molar-refractivity contribution is 0.0789. The zero-order valence-electron chi connectivity index (χ0n) is 18.1. The standard InChI is InChI=1S/C22H33N5O2/c1-5-10-25(4)22(28)20-17-29-21(23-20)16-27-13-11-26(12-14-27)15-18-6-8-19(9-7-18)24(2)3/h6-9,17H,5,10-16H2,1-4H3. The van der Waals surface area contributed by atoms with Crippen molar-refractivity contribution < 1.29 is 9.21 Å². The summed E-state index contributed by atoms with van der Waals surface area (Å²) in [6, 6.07) is 8.76. The zero-order valence-corrected chi connectivity index (χ0v) is 18.1. The van der Waals surface area contributed by atoms with Crippen LogP contribution in [0.3, 0.4) is 0 Å². The number of benzene rings is 1. The summed E-state index contributed by atoms with van der Waals surface area (Å²) in [5.41, 5.74) is 2.97. The van der Waals surface area contributed by atoms with Gasteiger partial charge in [0.1, 0.15) is 6.26 Å². The Kier molecular flexibility index (Phi) is 7.28. The predicted molar refractivity (Wildman–Crippen MR) is 115 cm³/mol. The molecule has 1 saturated heterocycles. The molecule has 1 amide bonds. The van der Waals surface area contributed by atoms with Crippen LogP contribution in [0.2, 0.25) is 0 Å². The van der Waals surface area contributed by atoms with E-state index in [2.05, 4.69) is 65.0 Å². The predicted octanol–water partition coefficient (Wildman–Crippen LogP) is 2.54. The second-order valence-electron chi connectivity index (χ2n) is 7.97. The summed E-state index contributed by atoms with van der Waals surface area (Å²) in [4.78, 5) is 25.3. The summed E-state index contributed by atoms with van der Waals surface area (Å²) in [5.74, 6) is 0.540. The number of rotatable bonds is 8. The first-order valence-electron chi connectivity index (χ1n) is 10.4. The lowest BCUT2D eigenvalue weighted by Gasteiger charge is -2.34. The van der Waals surface area contributed by atoms with Crippen molar-refractivity contribution in [3.05, 3.63) is 47.7 Å². The van der Waals surface area contributed by atoms with Gasteiger partial charge in [-0.3, -0.25) is 14.6 Å². The molecule has 2 aromatic rings. The molecule has 0 atom stereocenters. The molecule has 1 fully saturated rings. The summed E-state index contributed by atoms with van der Waals surface area (Å²) in [6.07, 6.45) is 2.41. The smallest absolute Gasteiger partial charge is 0.275 e. The van der Waals surface area contributed by atoms with Gasteiger partial charge in [0, 0.05) is 66.1 Å². The highest BCUT2D eigenvalue weighted by atomic mass is 16.3. The van der Waals surface area contributed by atoms with Crippen LogP contribution in [0.15, 0.2) is 34.9 Å². The molecular weight excluding hydrogens is 366 g/mol. The van der Waals surface area contributed by atoms with E-state index < -0.39 is 0 Å². The molecule has 158 valence electrons. The van der Waals surface area contributed by atoms with Crippen molar-refractivity contribution in [2.24, 2.45) is 0 Å². The SMILES string of the molecule is CCCN(C)C(=O)c1coc(CN2CCN(Cc3ccc(N(C)C)cc3)CC2)n1. The number of amides is 1. The highest BCUT2D eigenvalue weighted by Crippen LogP contribution is 2.16. The van der Waals surface area contributed by atoms with E-state index in [1.807, 2.05) is 0 Å². The summed E-state index contributed by atoms with van der Waals surface area (Å²) in [5, 5.41) is 0. The lowest BCUT2D eigenvalue weighted by Crippen LogP contribution is -2.45. The van der Waals surface area contributed by atoms with Gasteiger partial charge in [-0.05, 0) is 24.1 Å². The Balaban J connectivity index is 1.46. The van der Waals surface area contributed by atoms with E-state index in [4.69, 9.17) is 4.42 Å². The fourth-order valence-corrected chi connectivity index (χ4v) is 3.57. The third-order valence-corrected chi connectivity index (χ3v) is 5.36. The van der Waals surface area contributed by atoms with Crippen LogP contribution in [-0.2, 0) is 13.1 Å². The van der Waals surface area contributed by atoms with E-state index in [9.17, 15) is 4.79 Å². The molecule has 7 heteroatoms. The number of piperazine rings is 1. The number of anilines is 1. The normalized spacial score (nSPS) is 15.4. The van der Waals surface area contributed by atoms with Gasteiger partial charge in [0.2, 0.25) is 5.89 Å². The van der Waals surface area contributed by atoms with Gasteiger partial charge in [0.15, 0.2) is 5.69 Å². The largest absolute Gasteiger partial charge is 0.447 e. The number of nitrogens with zero attached hydrogens (tertiary/aromatic N) is 5. The van der Waals surface area contributed by atoms with Crippen LogP contribution in [0.1, 0.15) is 35.3 Å². The molecule has 0 saturated carbocycles. The first kappa shape index (κ1) is 21.3. The highest BCUT2D eigenvalue weighted by molar-refractivity contribution is 5.91. The van der Waals surface area contributed by atoms with Crippen molar-refractivity contribution in [1.29, 1.82) is 0 Å². The van der Waals surface area contributed by atoms with Gasteiger partial charge >= 0.3 is 0 Å². The molecule has 0 unspecified atom stereocenters. The third kappa shape index (κ3) is 5.81. The minimum Gasteiger partial charge on any atom is -0.447 e. The van der Waals surface area contributed by atoms with E-state index in [-0.39, 0.29) is 5.91 Å². The van der Waals surface area contributed by atoms with Crippen molar-refractivity contribution in [2.45, 2.75) is 26.4 Å².